The molecule has 0 fully saturated rings. The van der Waals surface area contributed by atoms with Crippen molar-refractivity contribution in [3.63, 3.8) is 0 Å². The molecule has 160 valence electrons. The van der Waals surface area contributed by atoms with Crippen LogP contribution in [0.2, 0.25) is 0 Å². The maximum atomic E-state index is 5.65. The summed E-state index contributed by atoms with van der Waals surface area (Å²) in [6.07, 6.45) is 0. The van der Waals surface area contributed by atoms with E-state index in [1.807, 2.05) is 25.1 Å². The fourth-order valence-electron chi connectivity index (χ4n) is 3.19. The van der Waals surface area contributed by atoms with Gasteiger partial charge in [0.1, 0.15) is 17.2 Å². The highest BCUT2D eigenvalue weighted by atomic mass is 127. The lowest BCUT2D eigenvalue weighted by atomic mass is 10.1. The summed E-state index contributed by atoms with van der Waals surface area (Å²) in [7, 11) is 4.84. The van der Waals surface area contributed by atoms with Gasteiger partial charge in [-0.05, 0) is 53.3 Å². The first kappa shape index (κ1) is 21.7. The van der Waals surface area contributed by atoms with Gasteiger partial charge in [-0.25, -0.2) is 4.98 Å². The van der Waals surface area contributed by atoms with E-state index in [4.69, 9.17) is 19.3 Å². The second-order valence-electron chi connectivity index (χ2n) is 6.71. The summed E-state index contributed by atoms with van der Waals surface area (Å²) in [5.41, 5.74) is 3.59. The van der Waals surface area contributed by atoms with Gasteiger partial charge in [-0.1, -0.05) is 23.9 Å². The molecule has 0 atom stereocenters. The Labute approximate surface area is 198 Å². The molecule has 0 saturated heterocycles. The van der Waals surface area contributed by atoms with Crippen LogP contribution in [0.3, 0.4) is 0 Å². The molecule has 0 unspecified atom stereocenters. The van der Waals surface area contributed by atoms with E-state index in [0.29, 0.717) is 28.2 Å². The van der Waals surface area contributed by atoms with E-state index >= 15 is 0 Å². The van der Waals surface area contributed by atoms with Gasteiger partial charge in [0.15, 0.2) is 0 Å². The van der Waals surface area contributed by atoms with Crippen molar-refractivity contribution in [2.45, 2.75) is 17.8 Å². The van der Waals surface area contributed by atoms with Gasteiger partial charge in [0.05, 0.1) is 32.6 Å². The Morgan fingerprint density at radius 3 is 2.23 bits per heavy atom. The summed E-state index contributed by atoms with van der Waals surface area (Å²) in [5, 5.41) is 5.38. The predicted octanol–water partition coefficient (Wildman–Crippen LogP) is 5.02. The lowest BCUT2D eigenvalue weighted by Crippen LogP contribution is -2.02. The quantitative estimate of drug-likeness (QED) is 0.237. The minimum Gasteiger partial charge on any atom is -0.496 e. The number of thioether (sulfide) groups is 1. The minimum absolute atomic E-state index is 0.528. The molecule has 0 bridgehead atoms. The lowest BCUT2D eigenvalue weighted by Gasteiger charge is -2.16. The molecule has 7 nitrogen and oxygen atoms in total. The summed E-state index contributed by atoms with van der Waals surface area (Å²) in [5.74, 6) is 3.18. The van der Waals surface area contributed by atoms with Crippen molar-refractivity contribution in [1.82, 2.24) is 19.6 Å². The number of benzene rings is 2. The monoisotopic (exact) mass is 548 g/mol. The molecule has 0 spiro atoms. The van der Waals surface area contributed by atoms with Crippen LogP contribution in [0, 0.1) is 10.5 Å². The molecule has 4 rings (SSSR count). The molecule has 2 aromatic carbocycles. The van der Waals surface area contributed by atoms with Crippen LogP contribution >= 0.6 is 34.4 Å². The Morgan fingerprint density at radius 1 is 0.935 bits per heavy atom. The molecule has 0 N–H and O–H groups in total. The van der Waals surface area contributed by atoms with Gasteiger partial charge in [0, 0.05) is 27.1 Å². The minimum atomic E-state index is 0.528. The average Bonchev–Trinajstić information content (AvgIpc) is 3.19. The van der Waals surface area contributed by atoms with Crippen LogP contribution < -0.4 is 14.2 Å². The van der Waals surface area contributed by atoms with E-state index < -0.39 is 0 Å². The number of ether oxygens (including phenoxy) is 3. The third kappa shape index (κ3) is 4.57. The molecule has 2 heterocycles. The van der Waals surface area contributed by atoms with Gasteiger partial charge in [0.2, 0.25) is 5.16 Å². The zero-order valence-corrected chi connectivity index (χ0v) is 20.5. The molecule has 0 aliphatic heterocycles. The second kappa shape index (κ2) is 9.31. The number of hydrogen-bond donors (Lipinski definition) is 0. The largest absolute Gasteiger partial charge is 0.496 e. The molecular weight excluding hydrogens is 527 g/mol. The van der Waals surface area contributed by atoms with Gasteiger partial charge in [-0.2, -0.15) is 9.50 Å². The Kier molecular flexibility index (Phi) is 6.51. The van der Waals surface area contributed by atoms with Crippen LogP contribution in [0.1, 0.15) is 11.3 Å². The first-order valence-electron chi connectivity index (χ1n) is 9.44. The molecule has 4 aromatic rings. The molecular formula is C22H21IN4O3S. The Hall–Kier alpha value is -2.53. The highest BCUT2D eigenvalue weighted by Crippen LogP contribution is 2.42. The Bertz CT molecular complexity index is 1200. The number of fused-ring (bicyclic) bond motifs is 1. The fraction of sp³-hybridized carbons (Fsp3) is 0.227. The lowest BCUT2D eigenvalue weighted by molar-refractivity contribution is 0.377. The number of hydrogen-bond acceptors (Lipinski definition) is 7. The van der Waals surface area contributed by atoms with Gasteiger partial charge < -0.3 is 14.2 Å². The van der Waals surface area contributed by atoms with Crippen LogP contribution in [0.5, 0.6) is 17.2 Å². The summed E-state index contributed by atoms with van der Waals surface area (Å²) in [4.78, 5) is 9.20. The van der Waals surface area contributed by atoms with Crippen molar-refractivity contribution in [3.8, 4) is 28.5 Å². The van der Waals surface area contributed by atoms with Gasteiger partial charge in [0.25, 0.3) is 5.78 Å². The first-order valence-corrected chi connectivity index (χ1v) is 11.5. The third-order valence-electron chi connectivity index (χ3n) is 4.67. The fourth-order valence-corrected chi connectivity index (χ4v) is 4.33. The smallest absolute Gasteiger partial charge is 0.253 e. The van der Waals surface area contributed by atoms with Crippen LogP contribution in [-0.2, 0) is 5.75 Å². The number of methoxy groups -OCH3 is 3. The highest BCUT2D eigenvalue weighted by molar-refractivity contribution is 14.1. The molecule has 31 heavy (non-hydrogen) atoms. The zero-order chi connectivity index (χ0) is 22.0. The SMILES string of the molecule is COc1cc(OC)c(-c2cc(C)nc3nc(SCc4ccc(I)cc4)nn23)c(OC)c1. The van der Waals surface area contributed by atoms with Crippen molar-refractivity contribution in [2.24, 2.45) is 0 Å². The standard InChI is InChI=1S/C22H21IN4O3S/c1-13-9-17(20-18(29-3)10-16(28-2)11-19(20)30-4)27-21(24-13)25-22(26-27)31-12-14-5-7-15(23)8-6-14/h5-11H,12H2,1-4H3. The number of aromatic nitrogens is 4. The van der Waals surface area contributed by atoms with Crippen LogP contribution in [0.4, 0.5) is 0 Å². The maximum Gasteiger partial charge on any atom is 0.253 e. The second-order valence-corrected chi connectivity index (χ2v) is 8.90. The van der Waals surface area contributed by atoms with Gasteiger partial charge in [-0.3, -0.25) is 0 Å². The Balaban J connectivity index is 1.78. The number of halogens is 1. The molecule has 9 heteroatoms. The van der Waals surface area contributed by atoms with Crippen molar-refractivity contribution in [1.29, 1.82) is 0 Å². The average molecular weight is 548 g/mol. The van der Waals surface area contributed by atoms with Crippen LogP contribution in [0.25, 0.3) is 17.0 Å². The van der Waals surface area contributed by atoms with E-state index in [1.165, 1.54) is 9.13 Å². The normalized spacial score (nSPS) is 11.0. The molecule has 0 radical (unpaired) electrons. The Morgan fingerprint density at radius 2 is 1.61 bits per heavy atom. The van der Waals surface area contributed by atoms with Crippen LogP contribution in [0.15, 0.2) is 47.6 Å². The molecule has 0 saturated carbocycles. The van der Waals surface area contributed by atoms with Crippen LogP contribution in [-0.4, -0.2) is 40.9 Å². The van der Waals surface area contributed by atoms with Crippen molar-refractivity contribution >= 4 is 40.1 Å². The molecule has 0 aliphatic carbocycles. The third-order valence-corrected chi connectivity index (χ3v) is 6.30. The van der Waals surface area contributed by atoms with Crippen molar-refractivity contribution < 1.29 is 14.2 Å². The summed E-state index contributed by atoms with van der Waals surface area (Å²) in [6, 6.07) is 14.0. The van der Waals surface area contributed by atoms with E-state index in [1.54, 1.807) is 37.6 Å². The predicted molar refractivity (Wildman–Crippen MR) is 129 cm³/mol. The van der Waals surface area contributed by atoms with Crippen molar-refractivity contribution in [2.75, 3.05) is 21.3 Å². The molecule has 0 amide bonds. The van der Waals surface area contributed by atoms with E-state index in [9.17, 15) is 0 Å². The summed E-state index contributed by atoms with van der Waals surface area (Å²) >= 11 is 3.88. The topological polar surface area (TPSA) is 70.8 Å². The van der Waals surface area contributed by atoms with Crippen molar-refractivity contribution in [3.05, 3.63) is 57.3 Å². The molecule has 2 aromatic heterocycles. The van der Waals surface area contributed by atoms with E-state index in [0.717, 1.165) is 22.7 Å². The molecule has 0 aliphatic rings. The maximum absolute atomic E-state index is 5.65. The number of rotatable bonds is 7. The first-order chi connectivity index (χ1) is 15.0. The number of nitrogens with zero attached hydrogens (tertiary/aromatic N) is 4. The summed E-state index contributed by atoms with van der Waals surface area (Å²) in [6.45, 7) is 1.93. The highest BCUT2D eigenvalue weighted by Gasteiger charge is 2.20. The van der Waals surface area contributed by atoms with E-state index in [2.05, 4.69) is 56.8 Å². The van der Waals surface area contributed by atoms with E-state index in [-0.39, 0.29) is 0 Å². The summed E-state index contributed by atoms with van der Waals surface area (Å²) < 4.78 is 19.6. The van der Waals surface area contributed by atoms with Gasteiger partial charge in [-0.15, -0.1) is 5.10 Å². The van der Waals surface area contributed by atoms with Gasteiger partial charge >= 0.3 is 0 Å². The number of aryl methyl sites for hydroxylation is 1. The zero-order valence-electron chi connectivity index (χ0n) is 17.5.